The zero-order valence-electron chi connectivity index (χ0n) is 10.2. The Morgan fingerprint density at radius 3 is 2.37 bits per heavy atom. The fourth-order valence-electron chi connectivity index (χ4n) is 1.82. The van der Waals surface area contributed by atoms with Gasteiger partial charge in [0.25, 0.3) is 0 Å². The largest absolute Gasteiger partial charge is 0.399 e. The Balaban J connectivity index is 2.05. The maximum atomic E-state index is 12.0. The molecule has 2 rings (SSSR count). The Kier molecular flexibility index (Phi) is 4.46. The molecule has 0 aromatic heterocycles. The molecule has 98 valence electrons. The second kappa shape index (κ2) is 6.09. The van der Waals surface area contributed by atoms with Gasteiger partial charge in [0.15, 0.2) is 0 Å². The summed E-state index contributed by atoms with van der Waals surface area (Å²) in [7, 11) is 0. The standard InChI is InChI=1S/C15H13Cl2NO/c16-14-3-1-2-11(15(14)17)9-13(19)8-10-4-6-12(18)7-5-10/h1-7H,8-9,18H2. The summed E-state index contributed by atoms with van der Waals surface area (Å²) in [4.78, 5) is 12.0. The van der Waals surface area contributed by atoms with Crippen LogP contribution in [0.2, 0.25) is 10.0 Å². The molecule has 0 aliphatic rings. The zero-order chi connectivity index (χ0) is 13.8. The molecule has 2 aromatic rings. The molecule has 4 heteroatoms. The minimum absolute atomic E-state index is 0.0916. The number of halogens is 2. The Bertz CT molecular complexity index is 594. The first-order valence-corrected chi connectivity index (χ1v) is 6.61. The van der Waals surface area contributed by atoms with Crippen LogP contribution in [0.25, 0.3) is 0 Å². The van der Waals surface area contributed by atoms with Gasteiger partial charge in [0, 0.05) is 18.5 Å². The number of benzene rings is 2. The molecule has 0 aliphatic heterocycles. The van der Waals surface area contributed by atoms with Crippen LogP contribution in [0.15, 0.2) is 42.5 Å². The molecule has 2 N–H and O–H groups in total. The van der Waals surface area contributed by atoms with E-state index >= 15 is 0 Å². The SMILES string of the molecule is Nc1ccc(CC(=O)Cc2cccc(Cl)c2Cl)cc1. The number of carbonyl (C=O) groups is 1. The molecule has 2 aromatic carbocycles. The predicted octanol–water partition coefficient (Wildman–Crippen LogP) is 3.93. The van der Waals surface area contributed by atoms with E-state index in [1.54, 1.807) is 24.3 Å². The number of nitrogen functional groups attached to an aromatic ring is 1. The van der Waals surface area contributed by atoms with Crippen molar-refractivity contribution >= 4 is 34.7 Å². The smallest absolute Gasteiger partial charge is 0.141 e. The summed E-state index contributed by atoms with van der Waals surface area (Å²) in [5.41, 5.74) is 7.99. The topological polar surface area (TPSA) is 43.1 Å². The van der Waals surface area contributed by atoms with Crippen molar-refractivity contribution < 1.29 is 4.79 Å². The normalized spacial score (nSPS) is 10.4. The van der Waals surface area contributed by atoms with Gasteiger partial charge in [-0.15, -0.1) is 0 Å². The van der Waals surface area contributed by atoms with Gasteiger partial charge in [-0.1, -0.05) is 47.5 Å². The molecule has 0 fully saturated rings. The Labute approximate surface area is 122 Å². The van der Waals surface area contributed by atoms with Gasteiger partial charge in [0.2, 0.25) is 0 Å². The van der Waals surface area contributed by atoms with Crippen molar-refractivity contribution in [3.05, 3.63) is 63.6 Å². The van der Waals surface area contributed by atoms with E-state index in [2.05, 4.69) is 0 Å². The summed E-state index contributed by atoms with van der Waals surface area (Å²) in [6.45, 7) is 0. The van der Waals surface area contributed by atoms with Crippen LogP contribution in [-0.4, -0.2) is 5.78 Å². The second-order valence-corrected chi connectivity index (χ2v) is 5.13. The molecule has 0 unspecified atom stereocenters. The van der Waals surface area contributed by atoms with Crippen LogP contribution < -0.4 is 5.73 Å². The lowest BCUT2D eigenvalue weighted by Crippen LogP contribution is -2.07. The van der Waals surface area contributed by atoms with Crippen LogP contribution >= 0.6 is 23.2 Å². The molecule has 0 heterocycles. The highest BCUT2D eigenvalue weighted by molar-refractivity contribution is 6.42. The van der Waals surface area contributed by atoms with Crippen molar-refractivity contribution in [1.82, 2.24) is 0 Å². The fourth-order valence-corrected chi connectivity index (χ4v) is 2.21. The first-order valence-electron chi connectivity index (χ1n) is 5.85. The van der Waals surface area contributed by atoms with E-state index in [1.165, 1.54) is 0 Å². The highest BCUT2D eigenvalue weighted by Crippen LogP contribution is 2.26. The van der Waals surface area contributed by atoms with E-state index in [-0.39, 0.29) is 12.2 Å². The van der Waals surface area contributed by atoms with E-state index in [4.69, 9.17) is 28.9 Å². The van der Waals surface area contributed by atoms with E-state index in [1.807, 2.05) is 18.2 Å². The lowest BCUT2D eigenvalue weighted by atomic mass is 10.0. The van der Waals surface area contributed by atoms with Crippen LogP contribution in [0, 0.1) is 0 Å². The maximum Gasteiger partial charge on any atom is 0.141 e. The van der Waals surface area contributed by atoms with Gasteiger partial charge in [0.05, 0.1) is 10.0 Å². The molecule has 0 aliphatic carbocycles. The highest BCUT2D eigenvalue weighted by Gasteiger charge is 2.10. The van der Waals surface area contributed by atoms with Gasteiger partial charge in [-0.3, -0.25) is 4.79 Å². The molecule has 2 nitrogen and oxygen atoms in total. The summed E-state index contributed by atoms with van der Waals surface area (Å²) < 4.78 is 0. The van der Waals surface area contributed by atoms with Gasteiger partial charge >= 0.3 is 0 Å². The number of carbonyl (C=O) groups excluding carboxylic acids is 1. The van der Waals surface area contributed by atoms with Crippen molar-refractivity contribution in [2.75, 3.05) is 5.73 Å². The molecule has 0 amide bonds. The van der Waals surface area contributed by atoms with Crippen molar-refractivity contribution in [1.29, 1.82) is 0 Å². The molecule has 0 saturated carbocycles. The van der Waals surface area contributed by atoms with Crippen LogP contribution in [0.4, 0.5) is 5.69 Å². The number of Topliss-reactive ketones (excluding diaryl/α,β-unsaturated/α-hetero) is 1. The van der Waals surface area contributed by atoms with E-state index in [0.717, 1.165) is 11.1 Å². The van der Waals surface area contributed by atoms with Crippen molar-refractivity contribution in [3.8, 4) is 0 Å². The van der Waals surface area contributed by atoms with Crippen LogP contribution in [0.5, 0.6) is 0 Å². The van der Waals surface area contributed by atoms with Gasteiger partial charge in [0.1, 0.15) is 5.78 Å². The Morgan fingerprint density at radius 2 is 1.68 bits per heavy atom. The van der Waals surface area contributed by atoms with Gasteiger partial charge in [-0.05, 0) is 29.3 Å². The quantitative estimate of drug-likeness (QED) is 0.868. The number of nitrogens with two attached hydrogens (primary N) is 1. The van der Waals surface area contributed by atoms with Crippen molar-refractivity contribution in [2.24, 2.45) is 0 Å². The van der Waals surface area contributed by atoms with E-state index in [9.17, 15) is 4.79 Å². The number of hydrogen-bond acceptors (Lipinski definition) is 2. The minimum atomic E-state index is 0.0916. The predicted molar refractivity (Wildman–Crippen MR) is 79.7 cm³/mol. The van der Waals surface area contributed by atoms with Crippen molar-refractivity contribution in [3.63, 3.8) is 0 Å². The molecule has 0 bridgehead atoms. The Hall–Kier alpha value is -1.51. The number of rotatable bonds is 4. The third kappa shape index (κ3) is 3.72. The number of anilines is 1. The van der Waals surface area contributed by atoms with Crippen LogP contribution in [0.1, 0.15) is 11.1 Å². The van der Waals surface area contributed by atoms with Gasteiger partial charge in [-0.2, -0.15) is 0 Å². The second-order valence-electron chi connectivity index (χ2n) is 4.35. The zero-order valence-corrected chi connectivity index (χ0v) is 11.7. The summed E-state index contributed by atoms with van der Waals surface area (Å²) in [6, 6.07) is 12.6. The molecule has 0 atom stereocenters. The molecular weight excluding hydrogens is 281 g/mol. The molecule has 0 radical (unpaired) electrons. The number of ketones is 1. The molecule has 0 spiro atoms. The monoisotopic (exact) mass is 293 g/mol. The third-order valence-electron chi connectivity index (χ3n) is 2.80. The highest BCUT2D eigenvalue weighted by atomic mass is 35.5. The summed E-state index contributed by atoms with van der Waals surface area (Å²) in [5.74, 6) is 0.0916. The Morgan fingerprint density at radius 1 is 1.00 bits per heavy atom. The molecule has 19 heavy (non-hydrogen) atoms. The first-order chi connectivity index (χ1) is 9.06. The lowest BCUT2D eigenvalue weighted by Gasteiger charge is -2.05. The number of hydrogen-bond donors (Lipinski definition) is 1. The third-order valence-corrected chi connectivity index (χ3v) is 3.66. The first kappa shape index (κ1) is 13.9. The summed E-state index contributed by atoms with van der Waals surface area (Å²) in [6.07, 6.45) is 0.646. The van der Waals surface area contributed by atoms with Crippen LogP contribution in [0.3, 0.4) is 0 Å². The average Bonchev–Trinajstić information content (AvgIpc) is 2.38. The average molecular weight is 294 g/mol. The summed E-state index contributed by atoms with van der Waals surface area (Å²) in [5, 5.41) is 0.925. The van der Waals surface area contributed by atoms with Crippen LogP contribution in [-0.2, 0) is 17.6 Å². The summed E-state index contributed by atoms with van der Waals surface area (Å²) >= 11 is 12.0. The molecular formula is C15H13Cl2NO. The van der Waals surface area contributed by atoms with E-state index in [0.29, 0.717) is 22.2 Å². The minimum Gasteiger partial charge on any atom is -0.399 e. The molecule has 0 saturated heterocycles. The van der Waals surface area contributed by atoms with Gasteiger partial charge < -0.3 is 5.73 Å². The van der Waals surface area contributed by atoms with Gasteiger partial charge in [-0.25, -0.2) is 0 Å². The van der Waals surface area contributed by atoms with E-state index < -0.39 is 0 Å². The maximum absolute atomic E-state index is 12.0. The van der Waals surface area contributed by atoms with Crippen molar-refractivity contribution in [2.45, 2.75) is 12.8 Å². The lowest BCUT2D eigenvalue weighted by molar-refractivity contribution is -0.117. The fraction of sp³-hybridized carbons (Fsp3) is 0.133.